The van der Waals surface area contributed by atoms with Crippen molar-refractivity contribution in [1.82, 2.24) is 0 Å². The van der Waals surface area contributed by atoms with Gasteiger partial charge in [0.15, 0.2) is 5.78 Å². The fourth-order valence-corrected chi connectivity index (χ4v) is 3.11. The molecule has 114 valence electrons. The van der Waals surface area contributed by atoms with E-state index in [0.29, 0.717) is 0 Å². The van der Waals surface area contributed by atoms with Crippen LogP contribution < -0.4 is 0 Å². The minimum Gasteiger partial charge on any atom is -0.290 e. The zero-order valence-corrected chi connectivity index (χ0v) is 14.3. The quantitative estimate of drug-likeness (QED) is 0.382. The summed E-state index contributed by atoms with van der Waals surface area (Å²) in [6, 6.07) is 0. The molecule has 0 aromatic carbocycles. The summed E-state index contributed by atoms with van der Waals surface area (Å²) in [6.45, 7) is 2.22. The molecule has 0 fully saturated rings. The normalized spacial score (nSPS) is 17.7. The Bertz CT molecular complexity index is 350. The molecule has 0 bridgehead atoms. The minimum atomic E-state index is -1.41. The first-order valence-corrected chi connectivity index (χ1v) is 8.54. The minimum absolute atomic E-state index is 0.0468. The second kappa shape index (κ2) is 8.46. The molecular formula is C16H23Cl3O. The highest BCUT2D eigenvalue weighted by Crippen LogP contribution is 2.51. The van der Waals surface area contributed by atoms with E-state index < -0.39 is 9.21 Å². The van der Waals surface area contributed by atoms with Crippen molar-refractivity contribution >= 4 is 40.6 Å². The summed E-state index contributed by atoms with van der Waals surface area (Å²) in [4.78, 5) is 11.3. The maximum Gasteiger partial charge on any atom is 0.202 e. The molecule has 0 unspecified atom stereocenters. The number of halogens is 3. The second-order valence-corrected chi connectivity index (χ2v) is 7.76. The second-order valence-electron chi connectivity index (χ2n) is 5.48. The van der Waals surface area contributed by atoms with Crippen molar-refractivity contribution in [3.8, 4) is 0 Å². The Labute approximate surface area is 137 Å². The van der Waals surface area contributed by atoms with E-state index in [0.717, 1.165) is 19.3 Å². The van der Waals surface area contributed by atoms with Crippen molar-refractivity contribution in [3.05, 3.63) is 24.3 Å². The van der Waals surface area contributed by atoms with Crippen LogP contribution in [0.5, 0.6) is 0 Å². The predicted octanol–water partition coefficient (Wildman–Crippen LogP) is 6.18. The van der Waals surface area contributed by atoms with Crippen molar-refractivity contribution in [2.75, 3.05) is 0 Å². The van der Waals surface area contributed by atoms with E-state index in [4.69, 9.17) is 34.8 Å². The van der Waals surface area contributed by atoms with E-state index in [2.05, 4.69) is 6.92 Å². The number of allylic oxidation sites excluding steroid dienone is 4. The lowest BCUT2D eigenvalue weighted by Crippen LogP contribution is -2.33. The predicted molar refractivity (Wildman–Crippen MR) is 88.6 cm³/mol. The van der Waals surface area contributed by atoms with Gasteiger partial charge in [0.1, 0.15) is 0 Å². The molecule has 0 atom stereocenters. The van der Waals surface area contributed by atoms with Crippen LogP contribution in [0.1, 0.15) is 58.3 Å². The Morgan fingerprint density at radius 2 is 1.45 bits per heavy atom. The maximum atomic E-state index is 11.3. The fourth-order valence-electron chi connectivity index (χ4n) is 2.44. The summed E-state index contributed by atoms with van der Waals surface area (Å²) in [6.07, 6.45) is 15.8. The molecule has 1 aliphatic carbocycles. The van der Waals surface area contributed by atoms with Gasteiger partial charge < -0.3 is 0 Å². The molecule has 0 amide bonds. The van der Waals surface area contributed by atoms with Gasteiger partial charge in [-0.25, -0.2) is 0 Å². The summed E-state index contributed by atoms with van der Waals surface area (Å²) in [5.41, 5.74) is -0.644. The molecule has 0 heterocycles. The highest BCUT2D eigenvalue weighted by Gasteiger charge is 2.45. The van der Waals surface area contributed by atoms with E-state index in [9.17, 15) is 4.79 Å². The number of ketones is 1. The van der Waals surface area contributed by atoms with Gasteiger partial charge in [0.2, 0.25) is 3.79 Å². The molecule has 0 aromatic rings. The number of hydrogen-bond donors (Lipinski definition) is 0. The largest absolute Gasteiger partial charge is 0.290 e. The number of hydrogen-bond acceptors (Lipinski definition) is 1. The Morgan fingerprint density at radius 3 is 1.95 bits per heavy atom. The third kappa shape index (κ3) is 5.42. The fraction of sp³-hybridized carbons (Fsp3) is 0.688. The highest BCUT2D eigenvalue weighted by atomic mass is 35.6. The first-order valence-electron chi connectivity index (χ1n) is 7.40. The summed E-state index contributed by atoms with van der Waals surface area (Å²) in [5.74, 6) is -0.0468. The van der Waals surface area contributed by atoms with E-state index >= 15 is 0 Å². The zero-order chi connectivity index (χ0) is 15.1. The molecule has 0 aromatic heterocycles. The average Bonchev–Trinajstić information content (AvgIpc) is 2.39. The first kappa shape index (κ1) is 18.1. The maximum absolute atomic E-state index is 11.3. The highest BCUT2D eigenvalue weighted by molar-refractivity contribution is 6.68. The number of alkyl halides is 3. The molecule has 0 spiro atoms. The van der Waals surface area contributed by atoms with Crippen molar-refractivity contribution in [2.24, 2.45) is 5.41 Å². The Hall–Kier alpha value is 0.0200. The topological polar surface area (TPSA) is 17.1 Å². The van der Waals surface area contributed by atoms with Crippen LogP contribution in [0.2, 0.25) is 0 Å². The standard InChI is InChI=1S/C16H23Cl3O/c1-2-3-4-5-6-7-8-11-15(16(17,18)19)12-9-14(20)10-13-15/h9-10,12-13H,2-8,11H2,1H3. The van der Waals surface area contributed by atoms with Gasteiger partial charge in [-0.05, 0) is 18.6 Å². The van der Waals surface area contributed by atoms with Crippen molar-refractivity contribution in [2.45, 2.75) is 62.1 Å². The van der Waals surface area contributed by atoms with Crippen molar-refractivity contribution in [3.63, 3.8) is 0 Å². The Kier molecular flexibility index (Phi) is 7.64. The van der Waals surface area contributed by atoms with E-state index in [-0.39, 0.29) is 5.78 Å². The Balaban J connectivity index is 2.42. The van der Waals surface area contributed by atoms with E-state index in [1.807, 2.05) is 0 Å². The van der Waals surface area contributed by atoms with Gasteiger partial charge in [0.05, 0.1) is 5.41 Å². The summed E-state index contributed by atoms with van der Waals surface area (Å²) in [5, 5.41) is 0. The van der Waals surface area contributed by atoms with Gasteiger partial charge in [-0.2, -0.15) is 0 Å². The van der Waals surface area contributed by atoms with Gasteiger partial charge >= 0.3 is 0 Å². The molecular weight excluding hydrogens is 315 g/mol. The lowest BCUT2D eigenvalue weighted by atomic mass is 9.80. The van der Waals surface area contributed by atoms with E-state index in [1.54, 1.807) is 12.2 Å². The summed E-state index contributed by atoms with van der Waals surface area (Å²) in [7, 11) is 0. The van der Waals surface area contributed by atoms with Crippen LogP contribution >= 0.6 is 34.8 Å². The molecule has 0 radical (unpaired) electrons. The molecule has 0 saturated heterocycles. The molecule has 0 N–H and O–H groups in total. The molecule has 1 rings (SSSR count). The molecule has 4 heteroatoms. The van der Waals surface area contributed by atoms with Gasteiger partial charge in [0.25, 0.3) is 0 Å². The van der Waals surface area contributed by atoms with Crippen LogP contribution in [0.4, 0.5) is 0 Å². The van der Waals surface area contributed by atoms with Gasteiger partial charge in [0, 0.05) is 0 Å². The van der Waals surface area contributed by atoms with Crippen LogP contribution in [0, 0.1) is 5.41 Å². The van der Waals surface area contributed by atoms with Gasteiger partial charge in [-0.3, -0.25) is 4.79 Å². The van der Waals surface area contributed by atoms with Crippen LogP contribution in [-0.2, 0) is 4.79 Å². The van der Waals surface area contributed by atoms with Crippen molar-refractivity contribution < 1.29 is 4.79 Å². The number of carbonyl (C=O) groups is 1. The van der Waals surface area contributed by atoms with E-state index in [1.165, 1.54) is 44.3 Å². The number of rotatable bonds is 8. The summed E-state index contributed by atoms with van der Waals surface area (Å²) < 4.78 is -1.41. The van der Waals surface area contributed by atoms with Crippen molar-refractivity contribution in [1.29, 1.82) is 0 Å². The van der Waals surface area contributed by atoms with Gasteiger partial charge in [-0.15, -0.1) is 0 Å². The Morgan fingerprint density at radius 1 is 0.950 bits per heavy atom. The number of unbranched alkanes of at least 4 members (excludes halogenated alkanes) is 6. The molecule has 0 aliphatic heterocycles. The number of carbonyl (C=O) groups excluding carboxylic acids is 1. The van der Waals surface area contributed by atoms with Crippen LogP contribution in [0.25, 0.3) is 0 Å². The smallest absolute Gasteiger partial charge is 0.202 e. The third-order valence-electron chi connectivity index (χ3n) is 3.81. The monoisotopic (exact) mass is 336 g/mol. The molecule has 20 heavy (non-hydrogen) atoms. The lowest BCUT2D eigenvalue weighted by molar-refractivity contribution is -0.110. The third-order valence-corrected chi connectivity index (χ3v) is 4.87. The van der Waals surface area contributed by atoms with Crippen LogP contribution in [0.15, 0.2) is 24.3 Å². The first-order chi connectivity index (χ1) is 9.41. The molecule has 1 aliphatic rings. The molecule has 1 nitrogen and oxygen atoms in total. The van der Waals surface area contributed by atoms with Crippen LogP contribution in [0.3, 0.4) is 0 Å². The molecule has 0 saturated carbocycles. The zero-order valence-electron chi connectivity index (χ0n) is 12.0. The lowest BCUT2D eigenvalue weighted by Gasteiger charge is -2.35. The van der Waals surface area contributed by atoms with Crippen LogP contribution in [-0.4, -0.2) is 9.58 Å². The van der Waals surface area contributed by atoms with Gasteiger partial charge in [-0.1, -0.05) is 98.8 Å². The SMILES string of the molecule is CCCCCCCCCC1(C(Cl)(Cl)Cl)C=CC(=O)C=C1. The summed E-state index contributed by atoms with van der Waals surface area (Å²) >= 11 is 18.3. The average molecular weight is 338 g/mol.